The van der Waals surface area contributed by atoms with Crippen molar-refractivity contribution in [2.45, 2.75) is 11.3 Å². The molecule has 4 rings (SSSR count). The van der Waals surface area contributed by atoms with Crippen LogP contribution in [0.15, 0.2) is 69.4 Å². The maximum Gasteiger partial charge on any atom is 0.268 e. The lowest BCUT2D eigenvalue weighted by Gasteiger charge is -2.16. The summed E-state index contributed by atoms with van der Waals surface area (Å²) in [6.07, 6.45) is 0.805. The molecule has 25 heavy (non-hydrogen) atoms. The van der Waals surface area contributed by atoms with Crippen molar-refractivity contribution in [3.05, 3.63) is 70.1 Å². The van der Waals surface area contributed by atoms with Gasteiger partial charge in [-0.15, -0.1) is 0 Å². The van der Waals surface area contributed by atoms with Crippen LogP contribution in [0.5, 0.6) is 0 Å². The van der Waals surface area contributed by atoms with Crippen LogP contribution in [0.2, 0.25) is 0 Å². The largest absolute Gasteiger partial charge is 0.337 e. The molecule has 2 aromatic rings. The summed E-state index contributed by atoms with van der Waals surface area (Å²) >= 11 is 8.53. The highest BCUT2D eigenvalue weighted by molar-refractivity contribution is 8.27. The summed E-state index contributed by atoms with van der Waals surface area (Å²) in [5, 5.41) is 0.973. The fourth-order valence-electron chi connectivity index (χ4n) is 2.91. The molecule has 126 valence electrons. The van der Waals surface area contributed by atoms with Gasteiger partial charge in [-0.05, 0) is 24.1 Å². The quantitative estimate of drug-likeness (QED) is 0.573. The van der Waals surface area contributed by atoms with Gasteiger partial charge in [0.05, 0.1) is 10.7 Å². The molecule has 0 bridgehead atoms. The van der Waals surface area contributed by atoms with Gasteiger partial charge in [-0.25, -0.2) is 0 Å². The molecule has 2 heterocycles. The summed E-state index contributed by atoms with van der Waals surface area (Å²) in [7, 11) is 2.00. The van der Waals surface area contributed by atoms with Crippen molar-refractivity contribution in [1.29, 1.82) is 0 Å². The molecule has 2 aromatic carbocycles. The van der Waals surface area contributed by atoms with Crippen LogP contribution >= 0.6 is 35.7 Å². The van der Waals surface area contributed by atoms with Gasteiger partial charge < -0.3 is 4.90 Å². The predicted octanol–water partition coefficient (Wildman–Crippen LogP) is 4.50. The molecule has 0 aromatic heterocycles. The van der Waals surface area contributed by atoms with Gasteiger partial charge in [0.1, 0.15) is 9.23 Å². The first-order valence-electron chi connectivity index (χ1n) is 7.97. The number of benzene rings is 2. The average molecular weight is 385 g/mol. The highest BCUT2D eigenvalue weighted by atomic mass is 32.2. The molecule has 3 nitrogen and oxygen atoms in total. The normalized spacial score (nSPS) is 19.7. The highest BCUT2D eigenvalue weighted by Crippen LogP contribution is 2.49. The first-order chi connectivity index (χ1) is 12.1. The number of hydrogen-bond donors (Lipinski definition) is 0. The van der Waals surface area contributed by atoms with Crippen molar-refractivity contribution < 1.29 is 4.79 Å². The minimum absolute atomic E-state index is 0.0214. The van der Waals surface area contributed by atoms with E-state index in [4.69, 9.17) is 12.2 Å². The van der Waals surface area contributed by atoms with Crippen LogP contribution in [0.4, 0.5) is 5.69 Å². The Kier molecular flexibility index (Phi) is 4.58. The minimum Gasteiger partial charge on any atom is -0.337 e. The van der Waals surface area contributed by atoms with Crippen LogP contribution in [0.25, 0.3) is 0 Å². The third-order valence-corrected chi connectivity index (χ3v) is 7.05. The van der Waals surface area contributed by atoms with Gasteiger partial charge in [0, 0.05) is 18.5 Å². The number of hydrogen-bond acceptors (Lipinski definition) is 5. The molecule has 0 aliphatic carbocycles. The van der Waals surface area contributed by atoms with E-state index in [9.17, 15) is 4.79 Å². The van der Waals surface area contributed by atoms with Gasteiger partial charge in [0.15, 0.2) is 0 Å². The first kappa shape index (κ1) is 16.7. The molecule has 0 spiro atoms. The number of rotatable bonds is 3. The number of para-hydroxylation sites is 1. The number of nitrogens with zero attached hydrogens (tertiary/aromatic N) is 2. The second-order valence-corrected chi connectivity index (χ2v) is 8.50. The molecule has 0 radical (unpaired) electrons. The molecule has 1 amide bonds. The molecule has 0 atom stereocenters. The summed E-state index contributed by atoms with van der Waals surface area (Å²) in [6.45, 7) is 0.618. The molecule has 0 N–H and O–H groups in total. The Morgan fingerprint density at radius 2 is 1.72 bits per heavy atom. The Bertz CT molecular complexity index is 879. The molecule has 2 aliphatic heterocycles. The summed E-state index contributed by atoms with van der Waals surface area (Å²) in [5.41, 5.74) is 2.35. The van der Waals surface area contributed by atoms with Crippen molar-refractivity contribution in [3.63, 3.8) is 0 Å². The molecular formula is C19H16N2OS3. The van der Waals surface area contributed by atoms with Crippen LogP contribution in [-0.4, -0.2) is 28.7 Å². The van der Waals surface area contributed by atoms with Crippen LogP contribution in [0.1, 0.15) is 5.56 Å². The molecular weight excluding hydrogens is 368 g/mol. The lowest BCUT2D eigenvalue weighted by molar-refractivity contribution is -0.122. The molecule has 0 saturated carbocycles. The first-order valence-corrected chi connectivity index (χ1v) is 10.0. The second-order valence-electron chi connectivity index (χ2n) is 5.82. The predicted molar refractivity (Wildman–Crippen MR) is 110 cm³/mol. The van der Waals surface area contributed by atoms with E-state index in [1.54, 1.807) is 16.7 Å². The van der Waals surface area contributed by atoms with Crippen molar-refractivity contribution in [1.82, 2.24) is 4.90 Å². The van der Waals surface area contributed by atoms with E-state index >= 15 is 0 Å². The zero-order chi connectivity index (χ0) is 17.4. The van der Waals surface area contributed by atoms with Crippen LogP contribution in [0.3, 0.4) is 0 Å². The van der Waals surface area contributed by atoms with E-state index in [-0.39, 0.29) is 5.91 Å². The number of anilines is 1. The Hall–Kier alpha value is -1.76. The third-order valence-electron chi connectivity index (χ3n) is 4.25. The summed E-state index contributed by atoms with van der Waals surface area (Å²) in [6, 6.07) is 18.4. The van der Waals surface area contributed by atoms with Crippen molar-refractivity contribution in [2.24, 2.45) is 0 Å². The fourth-order valence-corrected chi connectivity index (χ4v) is 5.54. The minimum atomic E-state index is 0.0214. The monoisotopic (exact) mass is 384 g/mol. The fraction of sp³-hybridized carbons (Fsp3) is 0.158. The summed E-state index contributed by atoms with van der Waals surface area (Å²) in [5.74, 6) is 0.0214. The van der Waals surface area contributed by atoms with Crippen LogP contribution in [-0.2, 0) is 11.2 Å². The average Bonchev–Trinajstić information content (AvgIpc) is 3.11. The number of carbonyl (C=O) groups excluding carboxylic acids is 1. The standard InChI is InChI=1S/C19H16N2OS3/c1-20-14-9-5-6-10-15(14)24-18(20)16-17(22)21(19(23)25-16)12-11-13-7-3-2-4-8-13/h2-10H,11-12H2,1H3/b18-16-. The highest BCUT2D eigenvalue weighted by Gasteiger charge is 2.37. The number of fused-ring (bicyclic) bond motifs is 1. The lowest BCUT2D eigenvalue weighted by atomic mass is 10.1. The molecule has 2 aliphatic rings. The summed E-state index contributed by atoms with van der Waals surface area (Å²) in [4.78, 5) is 18.7. The van der Waals surface area contributed by atoms with E-state index in [2.05, 4.69) is 29.2 Å². The zero-order valence-corrected chi connectivity index (χ0v) is 16.1. The number of amides is 1. The van der Waals surface area contributed by atoms with E-state index in [1.807, 2.05) is 37.4 Å². The van der Waals surface area contributed by atoms with Crippen molar-refractivity contribution in [2.75, 3.05) is 18.5 Å². The van der Waals surface area contributed by atoms with Gasteiger partial charge >= 0.3 is 0 Å². The second kappa shape index (κ2) is 6.86. The maximum atomic E-state index is 12.9. The van der Waals surface area contributed by atoms with Gasteiger partial charge in [0.2, 0.25) is 0 Å². The molecule has 1 saturated heterocycles. The Morgan fingerprint density at radius 3 is 2.48 bits per heavy atom. The smallest absolute Gasteiger partial charge is 0.268 e. The van der Waals surface area contributed by atoms with E-state index < -0.39 is 0 Å². The Labute approximate surface area is 161 Å². The molecule has 6 heteroatoms. The topological polar surface area (TPSA) is 23.6 Å². The van der Waals surface area contributed by atoms with E-state index in [0.29, 0.717) is 10.9 Å². The van der Waals surface area contributed by atoms with Crippen molar-refractivity contribution in [3.8, 4) is 0 Å². The van der Waals surface area contributed by atoms with Gasteiger partial charge in [-0.3, -0.25) is 9.69 Å². The molecule has 1 fully saturated rings. The number of thiocarbonyl (C=S) groups is 1. The third kappa shape index (κ3) is 3.10. The van der Waals surface area contributed by atoms with E-state index in [0.717, 1.165) is 22.0 Å². The summed E-state index contributed by atoms with van der Waals surface area (Å²) < 4.78 is 0.647. The van der Waals surface area contributed by atoms with Gasteiger partial charge in [0.25, 0.3) is 5.91 Å². The van der Waals surface area contributed by atoms with Crippen LogP contribution in [0, 0.1) is 0 Å². The molecule has 0 unspecified atom stereocenters. The van der Waals surface area contributed by atoms with Gasteiger partial charge in [-0.1, -0.05) is 78.2 Å². The Balaban J connectivity index is 1.56. The SMILES string of the molecule is CN1/C(=C2/SC(=S)N(CCc3ccccc3)C2=O)Sc2ccccc21. The maximum absolute atomic E-state index is 12.9. The van der Waals surface area contributed by atoms with E-state index in [1.165, 1.54) is 22.2 Å². The van der Waals surface area contributed by atoms with Gasteiger partial charge in [-0.2, -0.15) is 0 Å². The van der Waals surface area contributed by atoms with Crippen LogP contribution < -0.4 is 4.90 Å². The zero-order valence-electron chi connectivity index (χ0n) is 13.6. The lowest BCUT2D eigenvalue weighted by Crippen LogP contribution is -2.30. The van der Waals surface area contributed by atoms with Crippen molar-refractivity contribution >= 4 is 51.7 Å². The Morgan fingerprint density at radius 1 is 1.00 bits per heavy atom. The number of thioether (sulfide) groups is 2. The number of carbonyl (C=O) groups is 1.